The number of rotatable bonds is 1. The molecule has 0 unspecified atom stereocenters. The second kappa shape index (κ2) is 4.61. The van der Waals surface area contributed by atoms with Gasteiger partial charge in [0, 0.05) is 0 Å². The minimum absolute atomic E-state index is 0.770. The van der Waals surface area contributed by atoms with E-state index in [4.69, 9.17) is 0 Å². The van der Waals surface area contributed by atoms with Gasteiger partial charge >= 0.3 is 7.12 Å². The summed E-state index contributed by atoms with van der Waals surface area (Å²) in [5.74, 6) is -12.3. The number of hydrogen-bond acceptors (Lipinski definition) is 2. The van der Waals surface area contributed by atoms with Crippen molar-refractivity contribution in [1.82, 2.24) is 0 Å². The molecule has 1 heterocycles. The molecule has 0 saturated heterocycles. The normalized spacial score (nSPS) is 13.0. The average molecular weight is 304 g/mol. The van der Waals surface area contributed by atoms with Crippen molar-refractivity contribution in [2.45, 2.75) is 0 Å². The molecule has 0 saturated carbocycles. The molecule has 0 amide bonds. The highest BCUT2D eigenvalue weighted by Crippen LogP contribution is 2.41. The minimum Gasteiger partial charge on any atom is -0.517 e. The van der Waals surface area contributed by atoms with E-state index in [0.29, 0.717) is 0 Å². The van der Waals surface area contributed by atoms with Crippen molar-refractivity contribution in [1.29, 1.82) is 0 Å². The first-order chi connectivity index (χ1) is 9.91. The van der Waals surface area contributed by atoms with Gasteiger partial charge in [0.1, 0.15) is 11.6 Å². The first-order valence-electron chi connectivity index (χ1n) is 5.55. The molecular weight excluding hydrogens is 301 g/mol. The van der Waals surface area contributed by atoms with Gasteiger partial charge in [0.2, 0.25) is 23.3 Å². The summed E-state index contributed by atoms with van der Waals surface area (Å²) in [5.41, 5.74) is -0.770. The van der Waals surface area contributed by atoms with Crippen molar-refractivity contribution >= 4 is 12.6 Å². The summed E-state index contributed by atoms with van der Waals surface area (Å²) >= 11 is 0. The monoisotopic (exact) mass is 304 g/mol. The Morgan fingerprint density at radius 3 is 1.52 bits per heavy atom. The molecule has 1 aliphatic rings. The van der Waals surface area contributed by atoms with E-state index >= 15 is 0 Å². The van der Waals surface area contributed by atoms with E-state index in [1.165, 1.54) is 0 Å². The van der Waals surface area contributed by atoms with E-state index in [2.05, 4.69) is 9.31 Å². The van der Waals surface area contributed by atoms with Crippen LogP contribution in [0.5, 0.6) is 11.5 Å². The number of benzene rings is 2. The topological polar surface area (TPSA) is 18.5 Å². The molecule has 0 spiro atoms. The van der Waals surface area contributed by atoms with Crippen LogP contribution in [-0.4, -0.2) is 7.12 Å². The molecule has 0 atom stereocenters. The highest BCUT2D eigenvalue weighted by atomic mass is 19.2. The molecule has 1 aliphatic heterocycles. The first-order valence-corrected chi connectivity index (χ1v) is 5.55. The van der Waals surface area contributed by atoms with Gasteiger partial charge in [-0.3, -0.25) is 0 Å². The van der Waals surface area contributed by atoms with Crippen molar-refractivity contribution in [2.75, 3.05) is 0 Å². The van der Waals surface area contributed by atoms with Crippen LogP contribution < -0.4 is 14.8 Å². The van der Waals surface area contributed by atoms with Crippen LogP contribution >= 0.6 is 0 Å². The predicted octanol–water partition coefficient (Wildman–Crippen LogP) is 2.69. The molecule has 9 heteroatoms. The Morgan fingerprint density at radius 2 is 1.10 bits per heavy atom. The minimum atomic E-state index is -2.11. The Balaban J connectivity index is 2.11. The van der Waals surface area contributed by atoms with E-state index < -0.39 is 59.0 Å². The molecule has 0 bridgehead atoms. The Morgan fingerprint density at radius 1 is 0.667 bits per heavy atom. The summed E-state index contributed by atoms with van der Waals surface area (Å²) in [6, 6.07) is 2.78. The van der Waals surface area contributed by atoms with Gasteiger partial charge in [-0.1, -0.05) is 6.07 Å². The molecule has 3 rings (SSSR count). The van der Waals surface area contributed by atoms with Gasteiger partial charge < -0.3 is 9.31 Å². The zero-order chi connectivity index (χ0) is 15.3. The second-order valence-electron chi connectivity index (χ2n) is 4.12. The number of halogens is 6. The molecule has 108 valence electrons. The summed E-state index contributed by atoms with van der Waals surface area (Å²) in [6.07, 6.45) is 0. The average Bonchev–Trinajstić information content (AvgIpc) is 2.88. The van der Waals surface area contributed by atoms with Gasteiger partial charge in [0.15, 0.2) is 11.5 Å². The van der Waals surface area contributed by atoms with Gasteiger partial charge in [-0.15, -0.1) is 0 Å². The Bertz CT molecular complexity index is 694. The Hall–Kier alpha value is -2.32. The number of fused-ring (bicyclic) bond motifs is 1. The lowest BCUT2D eigenvalue weighted by Crippen LogP contribution is -2.43. The fourth-order valence-electron chi connectivity index (χ4n) is 1.89. The third-order valence-electron chi connectivity index (χ3n) is 2.87. The van der Waals surface area contributed by atoms with Crippen LogP contribution in [0.4, 0.5) is 26.3 Å². The summed E-state index contributed by atoms with van der Waals surface area (Å²) < 4.78 is 89.5. The molecular formula is C12H3BF6O2. The zero-order valence-corrected chi connectivity index (χ0v) is 9.89. The van der Waals surface area contributed by atoms with Crippen molar-refractivity contribution < 1.29 is 35.7 Å². The van der Waals surface area contributed by atoms with Crippen LogP contribution in [-0.2, 0) is 0 Å². The lowest BCUT2D eigenvalue weighted by Gasteiger charge is -2.06. The largest absolute Gasteiger partial charge is 0.639 e. The van der Waals surface area contributed by atoms with Crippen molar-refractivity contribution in [3.63, 3.8) is 0 Å². The Kier molecular flexibility index (Phi) is 3.00. The van der Waals surface area contributed by atoms with Gasteiger partial charge in [-0.2, -0.15) is 8.78 Å². The van der Waals surface area contributed by atoms with Gasteiger partial charge in [0.05, 0.1) is 5.46 Å². The maximum atomic E-state index is 13.5. The van der Waals surface area contributed by atoms with E-state index in [9.17, 15) is 26.3 Å². The maximum Gasteiger partial charge on any atom is 0.639 e. The van der Waals surface area contributed by atoms with E-state index in [1.54, 1.807) is 0 Å². The molecule has 21 heavy (non-hydrogen) atoms. The molecule has 0 aromatic heterocycles. The van der Waals surface area contributed by atoms with Crippen LogP contribution in [0.15, 0.2) is 18.2 Å². The third kappa shape index (κ3) is 1.91. The van der Waals surface area contributed by atoms with Gasteiger partial charge in [-0.25, -0.2) is 17.6 Å². The van der Waals surface area contributed by atoms with Crippen LogP contribution in [0, 0.1) is 34.9 Å². The first kappa shape index (κ1) is 13.7. The molecule has 2 nitrogen and oxygen atoms in total. The fraction of sp³-hybridized carbons (Fsp3) is 0. The molecule has 2 aromatic carbocycles. The van der Waals surface area contributed by atoms with Gasteiger partial charge in [0.25, 0.3) is 0 Å². The van der Waals surface area contributed by atoms with Gasteiger partial charge in [-0.05, 0) is 12.1 Å². The highest BCUT2D eigenvalue weighted by molar-refractivity contribution is 6.63. The van der Waals surface area contributed by atoms with E-state index in [1.807, 2.05) is 0 Å². The smallest absolute Gasteiger partial charge is 0.517 e. The SMILES string of the molecule is Fc1cccc(F)c1B1Oc2c(F)c(F)c(F)c(F)c2O1. The summed E-state index contributed by atoms with van der Waals surface area (Å²) in [6.45, 7) is 0. The van der Waals surface area contributed by atoms with Crippen LogP contribution in [0.1, 0.15) is 0 Å². The van der Waals surface area contributed by atoms with Crippen molar-refractivity contribution in [2.24, 2.45) is 0 Å². The van der Waals surface area contributed by atoms with E-state index in [0.717, 1.165) is 18.2 Å². The van der Waals surface area contributed by atoms with Crippen LogP contribution in [0.25, 0.3) is 0 Å². The fourth-order valence-corrected chi connectivity index (χ4v) is 1.89. The van der Waals surface area contributed by atoms with Crippen LogP contribution in [0.3, 0.4) is 0 Å². The van der Waals surface area contributed by atoms with E-state index in [-0.39, 0.29) is 0 Å². The molecule has 0 N–H and O–H groups in total. The van der Waals surface area contributed by atoms with Crippen molar-refractivity contribution in [3.05, 3.63) is 53.1 Å². The molecule has 0 radical (unpaired) electrons. The Labute approximate surface area is 114 Å². The predicted molar refractivity (Wildman–Crippen MR) is 59.3 cm³/mol. The van der Waals surface area contributed by atoms with Crippen LogP contribution in [0.2, 0.25) is 0 Å². The van der Waals surface area contributed by atoms with Crippen molar-refractivity contribution in [3.8, 4) is 11.5 Å². The summed E-state index contributed by atoms with van der Waals surface area (Å²) in [7, 11) is -1.90. The lowest BCUT2D eigenvalue weighted by molar-refractivity contribution is 0.388. The third-order valence-corrected chi connectivity index (χ3v) is 2.87. The quantitative estimate of drug-likeness (QED) is 0.349. The molecule has 0 fully saturated rings. The summed E-state index contributed by atoms with van der Waals surface area (Å²) in [4.78, 5) is 0. The zero-order valence-electron chi connectivity index (χ0n) is 9.89. The second-order valence-corrected chi connectivity index (χ2v) is 4.12. The highest BCUT2D eigenvalue weighted by Gasteiger charge is 2.44. The lowest BCUT2D eigenvalue weighted by atomic mass is 9.78. The number of hydrogen-bond donors (Lipinski definition) is 0. The maximum absolute atomic E-state index is 13.5. The standard InChI is InChI=1S/C12H3BF6O2/c14-4-2-1-3-5(15)6(4)13-20-11-9(18)7(16)8(17)10(19)12(11)21-13/h1-3H. The molecule has 0 aliphatic carbocycles. The molecule has 2 aromatic rings. The summed E-state index contributed by atoms with van der Waals surface area (Å²) in [5, 5.41) is 0.